The van der Waals surface area contributed by atoms with Gasteiger partial charge in [0.25, 0.3) is 11.8 Å². The van der Waals surface area contributed by atoms with Gasteiger partial charge in [-0.2, -0.15) is 0 Å². The minimum atomic E-state index is -1.48. The number of benzene rings is 1. The van der Waals surface area contributed by atoms with Crippen LogP contribution >= 0.6 is 0 Å². The number of aliphatic carboxylic acids is 1. The Balaban J connectivity index is 0.00000245. The van der Waals surface area contributed by atoms with Crippen molar-refractivity contribution in [2.75, 3.05) is 0 Å². The fraction of sp³-hybridized carbons (Fsp3) is 0.583. The number of rotatable bonds is 5. The van der Waals surface area contributed by atoms with Crippen molar-refractivity contribution in [1.29, 1.82) is 0 Å². The van der Waals surface area contributed by atoms with Gasteiger partial charge in [-0.15, -0.1) is 0 Å². The van der Waals surface area contributed by atoms with Crippen molar-refractivity contribution in [3.63, 3.8) is 0 Å². The van der Waals surface area contributed by atoms with Crippen LogP contribution in [0.25, 0.3) is 0 Å². The first kappa shape index (κ1) is 23.5. The van der Waals surface area contributed by atoms with Gasteiger partial charge < -0.3 is 14.6 Å². The maximum absolute atomic E-state index is 13.0. The number of amides is 2. The molecule has 0 aromatic heterocycles. The Kier molecular flexibility index (Phi) is 6.06. The van der Waals surface area contributed by atoms with Gasteiger partial charge in [-0.25, -0.2) is 4.79 Å². The van der Waals surface area contributed by atoms with E-state index in [1.165, 1.54) is 37.5 Å². The number of carbonyl (C=O) groups excluding carboxylic acids is 4. The molecule has 4 fully saturated rings. The molecule has 0 N–H and O–H groups in total. The van der Waals surface area contributed by atoms with Crippen LogP contribution in [0.15, 0.2) is 18.2 Å². The van der Waals surface area contributed by atoms with E-state index in [0.717, 1.165) is 24.2 Å². The van der Waals surface area contributed by atoms with Gasteiger partial charge in [0, 0.05) is 0 Å². The summed E-state index contributed by atoms with van der Waals surface area (Å²) in [6, 6.07) is 2.90. The summed E-state index contributed by atoms with van der Waals surface area (Å²) >= 11 is 0. The Bertz CT molecular complexity index is 967. The third-order valence-electron chi connectivity index (χ3n) is 7.60. The van der Waals surface area contributed by atoms with Crippen LogP contribution in [0.3, 0.4) is 0 Å². The minimum Gasteiger partial charge on any atom is -0.548 e. The average molecular weight is 447 g/mol. The molecule has 0 radical (unpaired) electrons. The summed E-state index contributed by atoms with van der Waals surface area (Å²) in [4.78, 5) is 51.0. The molecule has 32 heavy (non-hydrogen) atoms. The fourth-order valence-corrected chi connectivity index (χ4v) is 6.73. The molecule has 0 saturated heterocycles. The molecule has 1 atom stereocenters. The van der Waals surface area contributed by atoms with Gasteiger partial charge in [-0.05, 0) is 80.4 Å². The van der Waals surface area contributed by atoms with Crippen LogP contribution in [0.5, 0.6) is 0 Å². The first-order valence-corrected chi connectivity index (χ1v) is 11.1. The average Bonchev–Trinajstić information content (AvgIpc) is 2.91. The van der Waals surface area contributed by atoms with Crippen molar-refractivity contribution in [2.24, 2.45) is 23.7 Å². The molecule has 8 heteroatoms. The first-order valence-electron chi connectivity index (χ1n) is 11.1. The van der Waals surface area contributed by atoms with Crippen LogP contribution in [0.2, 0.25) is 0 Å². The van der Waals surface area contributed by atoms with Crippen molar-refractivity contribution in [3.8, 4) is 0 Å². The van der Waals surface area contributed by atoms with Crippen molar-refractivity contribution in [1.82, 2.24) is 4.90 Å². The second kappa shape index (κ2) is 8.26. The predicted molar refractivity (Wildman–Crippen MR) is 107 cm³/mol. The molecule has 7 nitrogen and oxygen atoms in total. The minimum absolute atomic E-state index is 0. The molecule has 4 bridgehead atoms. The molecule has 1 unspecified atom stereocenters. The van der Waals surface area contributed by atoms with E-state index in [1.54, 1.807) is 13.8 Å². The van der Waals surface area contributed by atoms with Gasteiger partial charge in [-0.3, -0.25) is 14.5 Å². The molecule has 1 aromatic rings. The summed E-state index contributed by atoms with van der Waals surface area (Å²) in [6.07, 6.45) is 6.42. The fourth-order valence-electron chi connectivity index (χ4n) is 6.73. The third-order valence-corrected chi connectivity index (χ3v) is 7.60. The second-order valence-electron chi connectivity index (χ2n) is 10.2. The zero-order valence-electron chi connectivity index (χ0n) is 18.8. The quantitative estimate of drug-likeness (QED) is 0.332. The predicted octanol–water partition coefficient (Wildman–Crippen LogP) is -0.813. The van der Waals surface area contributed by atoms with Gasteiger partial charge in [0.05, 0.1) is 28.7 Å². The second-order valence-corrected chi connectivity index (χ2v) is 10.2. The number of hydrogen-bond acceptors (Lipinski definition) is 6. The van der Waals surface area contributed by atoms with Gasteiger partial charge in [0.2, 0.25) is 0 Å². The monoisotopic (exact) mass is 447 g/mol. The largest absolute Gasteiger partial charge is 1.00 e. The molecule has 0 spiro atoms. The molecule has 4 saturated carbocycles. The zero-order chi connectivity index (χ0) is 22.1. The van der Waals surface area contributed by atoms with Crippen LogP contribution in [0, 0.1) is 23.7 Å². The molecular formula is C24H26NNaO6. The Morgan fingerprint density at radius 1 is 1.00 bits per heavy atom. The van der Waals surface area contributed by atoms with Crippen molar-refractivity contribution >= 4 is 23.8 Å². The summed E-state index contributed by atoms with van der Waals surface area (Å²) in [5, 5.41) is 11.6. The summed E-state index contributed by atoms with van der Waals surface area (Å²) in [6.45, 7) is 3.22. The van der Waals surface area contributed by atoms with E-state index >= 15 is 0 Å². The third kappa shape index (κ3) is 3.72. The van der Waals surface area contributed by atoms with Gasteiger partial charge in [0.1, 0.15) is 5.60 Å². The smallest absolute Gasteiger partial charge is 0.548 e. The molecule has 164 valence electrons. The molecule has 2 amide bonds. The number of ether oxygens (including phenoxy) is 1. The number of fused-ring (bicyclic) bond motifs is 1. The van der Waals surface area contributed by atoms with Crippen LogP contribution in [-0.2, 0) is 9.53 Å². The number of imide groups is 1. The topological polar surface area (TPSA) is 104 Å². The van der Waals surface area contributed by atoms with E-state index in [9.17, 15) is 24.3 Å². The summed E-state index contributed by atoms with van der Waals surface area (Å²) in [5.41, 5.74) is -0.0545. The van der Waals surface area contributed by atoms with Crippen LogP contribution in [0.1, 0.15) is 83.4 Å². The van der Waals surface area contributed by atoms with E-state index in [0.29, 0.717) is 17.8 Å². The molecule has 4 aliphatic carbocycles. The van der Waals surface area contributed by atoms with Crippen LogP contribution < -0.4 is 34.7 Å². The summed E-state index contributed by atoms with van der Waals surface area (Å²) in [7, 11) is 0. The number of esters is 1. The molecule has 5 aliphatic rings. The van der Waals surface area contributed by atoms with Gasteiger partial charge in [0.15, 0.2) is 0 Å². The van der Waals surface area contributed by atoms with E-state index in [4.69, 9.17) is 4.74 Å². The summed E-state index contributed by atoms with van der Waals surface area (Å²) < 4.78 is 6.06. The van der Waals surface area contributed by atoms with E-state index in [1.807, 2.05) is 0 Å². The van der Waals surface area contributed by atoms with Crippen molar-refractivity contribution < 1.29 is 58.6 Å². The summed E-state index contributed by atoms with van der Waals surface area (Å²) in [5.74, 6) is -1.98. The standard InChI is InChI=1S/C24H27NO6.Na/c1-12(2)19(22(28)29)25-20(26)17-4-3-16(8-18(17)21(25)27)23(30)31-24-9-13-5-14(10-24)7-15(6-13)11-24;/h3-4,8,12-15,19H,5-7,9-11H2,1-2H3,(H,28,29);/q;+1/p-1. The normalized spacial score (nSPS) is 30.8. The molecule has 6 rings (SSSR count). The Hall–Kier alpha value is -1.70. The number of carboxylic acids is 1. The molecule has 1 aromatic carbocycles. The van der Waals surface area contributed by atoms with Crippen molar-refractivity contribution in [3.05, 3.63) is 34.9 Å². The number of carboxylic acid groups (broad SMARTS) is 1. The number of hydrogen-bond donors (Lipinski definition) is 0. The molecule has 1 heterocycles. The van der Waals surface area contributed by atoms with E-state index < -0.39 is 41.3 Å². The van der Waals surface area contributed by atoms with Crippen LogP contribution in [-0.4, -0.2) is 40.3 Å². The van der Waals surface area contributed by atoms with E-state index in [2.05, 4.69) is 0 Å². The number of nitrogens with zero attached hydrogens (tertiary/aromatic N) is 1. The van der Waals surface area contributed by atoms with Crippen LogP contribution in [0.4, 0.5) is 0 Å². The maximum atomic E-state index is 13.0. The molecular weight excluding hydrogens is 421 g/mol. The Morgan fingerprint density at radius 3 is 2.03 bits per heavy atom. The number of carbonyl (C=O) groups is 4. The molecule has 1 aliphatic heterocycles. The Morgan fingerprint density at radius 2 is 1.53 bits per heavy atom. The van der Waals surface area contributed by atoms with Gasteiger partial charge >= 0.3 is 35.5 Å². The maximum Gasteiger partial charge on any atom is 1.00 e. The SMILES string of the molecule is CC(C)C(C(=O)[O-])N1C(=O)c2ccc(C(=O)OC34CC5CC(CC(C5)C3)C4)cc2C1=O.[Na+]. The Labute approximate surface area is 209 Å². The van der Waals surface area contributed by atoms with Crippen molar-refractivity contribution in [2.45, 2.75) is 64.0 Å². The van der Waals surface area contributed by atoms with E-state index in [-0.39, 0.29) is 46.2 Å². The van der Waals surface area contributed by atoms with Gasteiger partial charge in [-0.1, -0.05) is 13.8 Å². The first-order chi connectivity index (χ1) is 14.7. The zero-order valence-corrected chi connectivity index (χ0v) is 20.8.